The van der Waals surface area contributed by atoms with Crippen LogP contribution in [0.2, 0.25) is 5.02 Å². The smallest absolute Gasteiger partial charge is 0.304 e. The fourth-order valence-corrected chi connectivity index (χ4v) is 3.69. The molecule has 2 aliphatic heterocycles. The van der Waals surface area contributed by atoms with Gasteiger partial charge in [0.15, 0.2) is 0 Å². The van der Waals surface area contributed by atoms with E-state index in [1.54, 1.807) is 0 Å². The molecular weight excluding hydrogens is 363 g/mol. The van der Waals surface area contributed by atoms with Crippen LogP contribution in [0.1, 0.15) is 24.5 Å². The number of hydrogen-bond acceptors (Lipinski definition) is 5. The van der Waals surface area contributed by atoms with Gasteiger partial charge in [-0.1, -0.05) is 47.1 Å². The molecule has 1 spiro atoms. The topological polar surface area (TPSA) is 46.2 Å². The van der Waals surface area contributed by atoms with E-state index in [0.29, 0.717) is 18.7 Å². The van der Waals surface area contributed by atoms with Crippen molar-refractivity contribution in [3.05, 3.63) is 64.7 Å². The minimum absolute atomic E-state index is 0.311. The van der Waals surface area contributed by atoms with Crippen LogP contribution in [0, 0.1) is 0 Å². The lowest BCUT2D eigenvalue weighted by molar-refractivity contribution is -0.0196. The van der Waals surface area contributed by atoms with Gasteiger partial charge in [-0.2, -0.15) is 0 Å². The maximum atomic E-state index is 13.8. The molecule has 25 heavy (non-hydrogen) atoms. The van der Waals surface area contributed by atoms with Gasteiger partial charge in [0.2, 0.25) is 0 Å². The summed E-state index contributed by atoms with van der Waals surface area (Å²) < 4.78 is 22.2. The summed E-state index contributed by atoms with van der Waals surface area (Å²) in [5, 5.41) is 4.72. The molecule has 2 unspecified atom stereocenters. The van der Waals surface area contributed by atoms with Crippen LogP contribution >= 0.6 is 23.5 Å². The lowest BCUT2D eigenvalue weighted by atomic mass is 10.0. The molecule has 0 amide bonds. The highest BCUT2D eigenvalue weighted by molar-refractivity contribution is 7.97. The first kappa shape index (κ1) is 16.8. The predicted molar refractivity (Wildman–Crippen MR) is 96.2 cm³/mol. The summed E-state index contributed by atoms with van der Waals surface area (Å²) in [6.45, 7) is 2.01. The van der Waals surface area contributed by atoms with Gasteiger partial charge in [0.1, 0.15) is 0 Å². The van der Waals surface area contributed by atoms with Gasteiger partial charge in [-0.3, -0.25) is 9.46 Å². The Labute approximate surface area is 154 Å². The van der Waals surface area contributed by atoms with E-state index in [4.69, 9.17) is 21.2 Å². The zero-order chi connectivity index (χ0) is 17.5. The summed E-state index contributed by atoms with van der Waals surface area (Å²) in [5.41, 5.74) is 2.69. The number of nitrogens with zero attached hydrogens (tertiary/aromatic N) is 1. The van der Waals surface area contributed by atoms with E-state index in [-0.39, 0.29) is 0 Å². The van der Waals surface area contributed by atoms with Crippen LogP contribution in [0.25, 0.3) is 0 Å². The van der Waals surface area contributed by atoms with Gasteiger partial charge in [-0.15, -0.1) is 0 Å². The van der Waals surface area contributed by atoms with E-state index in [2.05, 4.69) is 9.88 Å². The third kappa shape index (κ3) is 3.27. The number of alkyl halides is 1. The molecule has 130 valence electrons. The zero-order valence-electron chi connectivity index (χ0n) is 13.5. The average Bonchev–Trinajstić information content (AvgIpc) is 2.92. The molecule has 2 aliphatic rings. The van der Waals surface area contributed by atoms with E-state index < -0.39 is 11.6 Å². The third-order valence-corrected chi connectivity index (χ3v) is 5.56. The van der Waals surface area contributed by atoms with Crippen LogP contribution in [0.5, 0.6) is 0 Å². The van der Waals surface area contributed by atoms with Crippen molar-refractivity contribution >= 4 is 29.3 Å². The monoisotopic (exact) mass is 378 g/mol. The first-order chi connectivity index (χ1) is 12.0. The van der Waals surface area contributed by atoms with Crippen LogP contribution in [0.15, 0.2) is 58.6 Å². The van der Waals surface area contributed by atoms with Crippen molar-refractivity contribution in [2.24, 2.45) is 5.16 Å². The summed E-state index contributed by atoms with van der Waals surface area (Å²) in [5.74, 6) is -2.99. The number of ether oxygens (including phenoxy) is 1. The molecule has 4 nitrogen and oxygen atoms in total. The number of halogens is 2. The second kappa shape index (κ2) is 6.29. The number of benzene rings is 2. The van der Waals surface area contributed by atoms with Crippen molar-refractivity contribution in [1.82, 2.24) is 4.72 Å². The molecule has 1 fully saturated rings. The van der Waals surface area contributed by atoms with Gasteiger partial charge in [0, 0.05) is 18.4 Å². The van der Waals surface area contributed by atoms with E-state index in [1.807, 2.05) is 48.5 Å². The van der Waals surface area contributed by atoms with Gasteiger partial charge < -0.3 is 4.84 Å². The summed E-state index contributed by atoms with van der Waals surface area (Å²) >= 11 is 7.62. The molecule has 0 radical (unpaired) electrons. The Morgan fingerprint density at radius 1 is 1.28 bits per heavy atom. The molecule has 2 heterocycles. The Balaban J connectivity index is 1.38. The minimum Gasteiger partial charge on any atom is -0.353 e. The van der Waals surface area contributed by atoms with Crippen molar-refractivity contribution in [1.29, 1.82) is 0 Å². The highest BCUT2D eigenvalue weighted by Crippen LogP contribution is 2.55. The molecule has 2 aromatic carbocycles. The molecule has 2 aromatic rings. The van der Waals surface area contributed by atoms with Gasteiger partial charge >= 0.3 is 5.79 Å². The molecule has 1 saturated heterocycles. The Hall–Kier alpha value is -1.60. The number of rotatable bonds is 5. The molecule has 0 saturated carbocycles. The standard InChI is InChI=1S/C18H16ClFN2O2S/c1-17(20)18(23-17)10-15(22-24-18)13-6-4-5-12(9-13)11-21-25-16-8-3-2-7-14(16)19/h2-9,21H,10-11H2,1H3. The van der Waals surface area contributed by atoms with Crippen LogP contribution < -0.4 is 4.72 Å². The van der Waals surface area contributed by atoms with Gasteiger partial charge in [-0.05, 0) is 41.3 Å². The Bertz CT molecular complexity index is 845. The zero-order valence-corrected chi connectivity index (χ0v) is 15.0. The Morgan fingerprint density at radius 2 is 2.08 bits per heavy atom. The Kier molecular flexibility index (Phi) is 4.24. The number of hydrogen-bond donors (Lipinski definition) is 1. The molecule has 1 N–H and O–H groups in total. The van der Waals surface area contributed by atoms with Crippen molar-refractivity contribution in [2.45, 2.75) is 36.4 Å². The predicted octanol–water partition coefficient (Wildman–Crippen LogP) is 4.67. The molecule has 2 atom stereocenters. The first-order valence-electron chi connectivity index (χ1n) is 7.87. The van der Waals surface area contributed by atoms with Crippen molar-refractivity contribution in [3.63, 3.8) is 0 Å². The Morgan fingerprint density at radius 3 is 2.80 bits per heavy atom. The second-order valence-electron chi connectivity index (χ2n) is 6.13. The number of epoxide rings is 1. The number of nitrogens with one attached hydrogen (secondary N) is 1. The fraction of sp³-hybridized carbons (Fsp3) is 0.278. The van der Waals surface area contributed by atoms with Gasteiger partial charge in [-0.25, -0.2) is 4.39 Å². The van der Waals surface area contributed by atoms with Crippen molar-refractivity contribution < 1.29 is 14.0 Å². The highest BCUT2D eigenvalue weighted by atomic mass is 35.5. The summed E-state index contributed by atoms with van der Waals surface area (Å²) in [6.07, 6.45) is 0.311. The molecule has 0 aromatic heterocycles. The van der Waals surface area contributed by atoms with Crippen LogP contribution in [-0.2, 0) is 16.1 Å². The van der Waals surface area contributed by atoms with Crippen molar-refractivity contribution in [2.75, 3.05) is 0 Å². The lowest BCUT2D eigenvalue weighted by Crippen LogP contribution is -2.19. The molecule has 7 heteroatoms. The van der Waals surface area contributed by atoms with Crippen LogP contribution in [-0.4, -0.2) is 17.4 Å². The van der Waals surface area contributed by atoms with Crippen LogP contribution in [0.3, 0.4) is 0 Å². The summed E-state index contributed by atoms with van der Waals surface area (Å²) in [7, 11) is 0. The first-order valence-corrected chi connectivity index (χ1v) is 9.06. The van der Waals surface area contributed by atoms with E-state index >= 15 is 0 Å². The van der Waals surface area contributed by atoms with E-state index in [9.17, 15) is 4.39 Å². The largest absolute Gasteiger partial charge is 0.353 e. The third-order valence-electron chi connectivity index (χ3n) is 4.25. The van der Waals surface area contributed by atoms with Gasteiger partial charge in [0.25, 0.3) is 5.85 Å². The van der Waals surface area contributed by atoms with Crippen LogP contribution in [0.4, 0.5) is 4.39 Å². The lowest BCUT2D eigenvalue weighted by Gasteiger charge is -2.07. The van der Waals surface area contributed by atoms with E-state index in [1.165, 1.54) is 18.9 Å². The minimum atomic E-state index is -1.76. The maximum Gasteiger partial charge on any atom is 0.304 e. The fourth-order valence-electron chi connectivity index (χ4n) is 2.73. The highest BCUT2D eigenvalue weighted by Gasteiger charge is 2.75. The van der Waals surface area contributed by atoms with E-state index in [0.717, 1.165) is 21.0 Å². The number of oxime groups is 1. The molecule has 4 rings (SSSR count). The molecule has 0 bridgehead atoms. The summed E-state index contributed by atoms with van der Waals surface area (Å²) in [4.78, 5) is 6.16. The van der Waals surface area contributed by atoms with Crippen molar-refractivity contribution in [3.8, 4) is 0 Å². The summed E-state index contributed by atoms with van der Waals surface area (Å²) in [6, 6.07) is 15.6. The van der Waals surface area contributed by atoms with Gasteiger partial charge in [0.05, 0.1) is 17.2 Å². The quantitative estimate of drug-likeness (QED) is 0.606. The normalized spacial score (nSPS) is 27.2. The maximum absolute atomic E-state index is 13.8. The average molecular weight is 379 g/mol. The molecule has 0 aliphatic carbocycles. The molecular formula is C18H16ClFN2O2S. The SMILES string of the molecule is CC1(F)OC12CC(c1cccc(CNSc3ccccc3Cl)c1)=NO2. The second-order valence-corrected chi connectivity index (χ2v) is 7.47.